The second-order valence-corrected chi connectivity index (χ2v) is 10.4. The van der Waals surface area contributed by atoms with E-state index >= 15 is 4.39 Å². The molecule has 3 rings (SSSR count). The molecule has 2 aliphatic heterocycles. The number of carbonyl (C=O) groups excluding carboxylic acids is 2. The van der Waals surface area contributed by atoms with E-state index in [1.54, 1.807) is 32.0 Å². The smallest absolute Gasteiger partial charge is 0.459 e. The van der Waals surface area contributed by atoms with Gasteiger partial charge in [0.2, 0.25) is 0 Å². The predicted molar refractivity (Wildman–Crippen MR) is 127 cm³/mol. The van der Waals surface area contributed by atoms with Crippen LogP contribution in [0.15, 0.2) is 35.3 Å². The standard InChI is InChI=1S/C22H32FN4O8P/c1-13(2)33-19(29)14(3)26-36(31,35-15-8-6-5-7-9-15)32-12-16-18(28)22(4,23)20(34-16)27-11-10-17(24)25-21(27)30/h5-9,13-14,16,18,20,28H,10-12H2,1-4H3,(H,26,31)(H2,24,25,30)/t14-,16+,18+,20+,22+,36-/m0/s1/i11D2. The first-order valence-electron chi connectivity index (χ1n) is 12.2. The van der Waals surface area contributed by atoms with Crippen molar-refractivity contribution in [1.82, 2.24) is 9.99 Å². The monoisotopic (exact) mass is 532 g/mol. The van der Waals surface area contributed by atoms with E-state index in [2.05, 4.69) is 10.1 Å². The summed E-state index contributed by atoms with van der Waals surface area (Å²) in [4.78, 5) is 28.6. The van der Waals surface area contributed by atoms with Crippen LogP contribution in [-0.4, -0.2) is 77.2 Å². The Bertz CT molecular complexity index is 1110. The summed E-state index contributed by atoms with van der Waals surface area (Å²) in [5, 5.41) is 13.1. The fourth-order valence-corrected chi connectivity index (χ4v) is 4.97. The summed E-state index contributed by atoms with van der Waals surface area (Å²) in [6.45, 7) is 2.39. The van der Waals surface area contributed by atoms with Crippen LogP contribution < -0.4 is 15.3 Å². The van der Waals surface area contributed by atoms with Crippen LogP contribution >= 0.6 is 7.75 Å². The van der Waals surface area contributed by atoms with Gasteiger partial charge in [-0.05, 0) is 39.8 Å². The minimum Gasteiger partial charge on any atom is -0.462 e. The number of aliphatic imine (C=N–C) groups is 1. The first kappa shape index (κ1) is 25.1. The number of benzene rings is 1. The number of hydrogen-bond acceptors (Lipinski definition) is 9. The fourth-order valence-electron chi connectivity index (χ4n) is 3.47. The second kappa shape index (κ2) is 11.2. The molecule has 0 saturated carbocycles. The third-order valence-corrected chi connectivity index (χ3v) is 6.91. The van der Waals surface area contributed by atoms with Gasteiger partial charge in [-0.3, -0.25) is 14.2 Å². The van der Waals surface area contributed by atoms with Crippen LogP contribution in [0.4, 0.5) is 9.18 Å². The summed E-state index contributed by atoms with van der Waals surface area (Å²) >= 11 is 0. The number of rotatable bonds is 10. The summed E-state index contributed by atoms with van der Waals surface area (Å²) < 4.78 is 67.2. The van der Waals surface area contributed by atoms with Crippen molar-refractivity contribution in [2.45, 2.75) is 70.4 Å². The molecule has 1 saturated heterocycles. The first-order valence-corrected chi connectivity index (χ1v) is 12.8. The zero-order valence-electron chi connectivity index (χ0n) is 22.3. The number of carbonyl (C=O) groups is 2. The number of ether oxygens (including phenoxy) is 2. The van der Waals surface area contributed by atoms with Crippen LogP contribution in [0.25, 0.3) is 0 Å². The number of halogens is 1. The van der Waals surface area contributed by atoms with Gasteiger partial charge in [-0.2, -0.15) is 10.1 Å². The number of alkyl halides is 1. The van der Waals surface area contributed by atoms with Gasteiger partial charge >= 0.3 is 19.7 Å². The van der Waals surface area contributed by atoms with E-state index in [0.29, 0.717) is 4.90 Å². The topological polar surface area (TPSA) is 162 Å². The number of amides is 2. The van der Waals surface area contributed by atoms with Crippen LogP contribution in [0.1, 0.15) is 36.9 Å². The zero-order valence-corrected chi connectivity index (χ0v) is 21.2. The van der Waals surface area contributed by atoms with Gasteiger partial charge in [0.1, 0.15) is 29.8 Å². The Morgan fingerprint density at radius 1 is 1.44 bits per heavy atom. The highest BCUT2D eigenvalue weighted by atomic mass is 31.2. The molecule has 0 aliphatic carbocycles. The van der Waals surface area contributed by atoms with Crippen molar-refractivity contribution in [3.8, 4) is 5.75 Å². The number of aliphatic hydroxyl groups is 1. The number of nitrogens with two attached hydrogens (primary N) is 1. The Labute approximate surface area is 211 Å². The molecule has 4 N–H and O–H groups in total. The quantitative estimate of drug-likeness (QED) is 0.301. The number of para-hydroxylation sites is 1. The third-order valence-electron chi connectivity index (χ3n) is 5.26. The highest BCUT2D eigenvalue weighted by Crippen LogP contribution is 2.46. The van der Waals surface area contributed by atoms with E-state index in [0.717, 1.165) is 6.92 Å². The molecule has 0 spiro atoms. The molecule has 200 valence electrons. The number of nitrogens with one attached hydrogen (secondary N) is 1. The maximum absolute atomic E-state index is 15.7. The molecule has 1 aromatic carbocycles. The van der Waals surface area contributed by atoms with Crippen molar-refractivity contribution in [3.63, 3.8) is 0 Å². The lowest BCUT2D eigenvalue weighted by Gasteiger charge is -2.34. The molecule has 2 heterocycles. The van der Waals surface area contributed by atoms with E-state index in [1.807, 2.05) is 0 Å². The number of hydrogen-bond donors (Lipinski definition) is 3. The Balaban J connectivity index is 1.80. The average molecular weight is 533 g/mol. The van der Waals surface area contributed by atoms with Crippen LogP contribution in [0, 0.1) is 0 Å². The number of amidine groups is 1. The van der Waals surface area contributed by atoms with Crippen molar-refractivity contribution in [2.24, 2.45) is 10.7 Å². The van der Waals surface area contributed by atoms with Gasteiger partial charge in [0, 0.05) is 12.9 Å². The minimum atomic E-state index is -4.37. The van der Waals surface area contributed by atoms with Gasteiger partial charge in [0.15, 0.2) is 11.9 Å². The van der Waals surface area contributed by atoms with Gasteiger partial charge in [-0.15, -0.1) is 0 Å². The maximum Gasteiger partial charge on any atom is 0.459 e. The minimum absolute atomic E-state index is 0.122. The molecule has 6 atom stereocenters. The van der Waals surface area contributed by atoms with Crippen molar-refractivity contribution in [3.05, 3.63) is 30.3 Å². The Morgan fingerprint density at radius 2 is 2.11 bits per heavy atom. The zero-order chi connectivity index (χ0) is 28.5. The Kier molecular flexibility index (Phi) is 7.82. The summed E-state index contributed by atoms with van der Waals surface area (Å²) in [6, 6.07) is 5.55. The lowest BCUT2D eigenvalue weighted by molar-refractivity contribution is -0.149. The molecule has 14 heteroatoms. The van der Waals surface area contributed by atoms with E-state index in [-0.39, 0.29) is 11.6 Å². The van der Waals surface area contributed by atoms with E-state index in [1.165, 1.54) is 19.1 Å². The molecule has 1 aromatic rings. The van der Waals surface area contributed by atoms with Crippen LogP contribution in [0.3, 0.4) is 0 Å². The van der Waals surface area contributed by atoms with E-state index in [9.17, 15) is 19.3 Å². The number of aliphatic hydroxyl groups excluding tert-OH is 1. The molecule has 2 aliphatic rings. The highest BCUT2D eigenvalue weighted by Gasteiger charge is 2.58. The number of nitrogens with zero attached hydrogens (tertiary/aromatic N) is 2. The SMILES string of the molecule is [2H]C1([2H])CC(N)=NC(=O)N1[C@@H]1O[C@H](CO[P@@](=O)(N[C@@H](C)C(=O)OC(C)C)Oc2ccccc2)[C@@H](O)[C@@]1(C)F. The first-order chi connectivity index (χ1) is 17.6. The normalized spacial score (nSPS) is 31.2. The van der Waals surface area contributed by atoms with Gasteiger partial charge in [-0.1, -0.05) is 18.2 Å². The van der Waals surface area contributed by atoms with E-state index in [4.69, 9.17) is 27.0 Å². The van der Waals surface area contributed by atoms with Gasteiger partial charge in [-0.25, -0.2) is 13.8 Å². The Hall–Kier alpha value is -2.57. The number of esters is 1. The molecule has 12 nitrogen and oxygen atoms in total. The van der Waals surface area contributed by atoms with Crippen molar-refractivity contribution >= 4 is 25.6 Å². The third kappa shape index (κ3) is 6.60. The maximum atomic E-state index is 15.7. The lowest BCUT2D eigenvalue weighted by Crippen LogP contribution is -2.54. The number of urea groups is 1. The van der Waals surface area contributed by atoms with E-state index < -0.39 is 75.5 Å². The Morgan fingerprint density at radius 3 is 2.72 bits per heavy atom. The molecule has 2 amide bonds. The van der Waals surface area contributed by atoms with Crippen LogP contribution in [-0.2, 0) is 23.4 Å². The molecule has 36 heavy (non-hydrogen) atoms. The van der Waals surface area contributed by atoms with Gasteiger partial charge in [0.05, 0.1) is 15.5 Å². The average Bonchev–Trinajstić information content (AvgIpc) is 3.00. The lowest BCUT2D eigenvalue weighted by atomic mass is 9.98. The molecule has 0 bridgehead atoms. The molecule has 0 unspecified atom stereocenters. The van der Waals surface area contributed by atoms with Crippen molar-refractivity contribution in [2.75, 3.05) is 13.1 Å². The summed E-state index contributed by atoms with van der Waals surface area (Å²) in [5.41, 5.74) is 2.83. The van der Waals surface area contributed by atoms with Crippen molar-refractivity contribution < 1.29 is 44.9 Å². The molecular formula is C22H32FN4O8P. The largest absolute Gasteiger partial charge is 0.462 e. The fraction of sp³-hybridized carbons (Fsp3) is 0.591. The summed E-state index contributed by atoms with van der Waals surface area (Å²) in [5.74, 6) is -0.887. The summed E-state index contributed by atoms with van der Waals surface area (Å²) in [6.07, 6.45) is -6.31. The van der Waals surface area contributed by atoms with Crippen LogP contribution in [0.5, 0.6) is 5.75 Å². The highest BCUT2D eigenvalue weighted by molar-refractivity contribution is 7.52. The molecule has 0 aromatic heterocycles. The summed E-state index contributed by atoms with van der Waals surface area (Å²) in [7, 11) is -4.37. The van der Waals surface area contributed by atoms with Gasteiger partial charge < -0.3 is 24.8 Å². The molecule has 1 fully saturated rings. The van der Waals surface area contributed by atoms with Gasteiger partial charge in [0.25, 0.3) is 0 Å². The van der Waals surface area contributed by atoms with Crippen molar-refractivity contribution in [1.29, 1.82) is 0 Å². The molecular weight excluding hydrogens is 498 g/mol. The predicted octanol–water partition coefficient (Wildman–Crippen LogP) is 2.12. The molecule has 0 radical (unpaired) electrons. The van der Waals surface area contributed by atoms with Crippen LogP contribution in [0.2, 0.25) is 0 Å². The second-order valence-electron chi connectivity index (χ2n) is 8.75.